The van der Waals surface area contributed by atoms with Crippen LogP contribution in [0.5, 0.6) is 0 Å². The van der Waals surface area contributed by atoms with Crippen LogP contribution in [0.3, 0.4) is 0 Å². The molecule has 2 rings (SSSR count). The third-order valence-corrected chi connectivity index (χ3v) is 5.87. The van der Waals surface area contributed by atoms with Crippen LogP contribution < -0.4 is 21.7 Å². The topological polar surface area (TPSA) is 179 Å². The fraction of sp³-hybridized carbons (Fsp3) is 0.435. The van der Waals surface area contributed by atoms with E-state index in [2.05, 4.69) is 25.9 Å². The van der Waals surface area contributed by atoms with Gasteiger partial charge < -0.3 is 31.8 Å². The largest absolute Gasteiger partial charge is 0.480 e. The second-order valence-corrected chi connectivity index (χ2v) is 9.04. The van der Waals surface area contributed by atoms with Gasteiger partial charge in [-0.3, -0.25) is 14.4 Å². The van der Waals surface area contributed by atoms with Gasteiger partial charge in [-0.15, -0.1) is 0 Å². The molecule has 0 aliphatic heterocycles. The first kappa shape index (κ1) is 27.9. The van der Waals surface area contributed by atoms with Gasteiger partial charge in [-0.2, -0.15) is 11.8 Å². The first-order valence-corrected chi connectivity index (χ1v) is 12.5. The van der Waals surface area contributed by atoms with Crippen molar-refractivity contribution < 1.29 is 24.3 Å². The lowest BCUT2D eigenvalue weighted by Crippen LogP contribution is -2.57. The molecule has 0 fully saturated rings. The minimum absolute atomic E-state index is 0.00234. The van der Waals surface area contributed by atoms with Crippen LogP contribution in [-0.2, 0) is 32.0 Å². The van der Waals surface area contributed by atoms with E-state index in [9.17, 15) is 24.3 Å². The van der Waals surface area contributed by atoms with Gasteiger partial charge in [0, 0.05) is 24.7 Å². The lowest BCUT2D eigenvalue weighted by Gasteiger charge is -2.23. The molecule has 12 heteroatoms. The smallest absolute Gasteiger partial charge is 0.326 e. The lowest BCUT2D eigenvalue weighted by atomic mass is 10.0. The Bertz CT molecular complexity index is 972. The molecule has 0 radical (unpaired) electrons. The van der Waals surface area contributed by atoms with Crippen molar-refractivity contribution in [2.75, 3.05) is 12.0 Å². The summed E-state index contributed by atoms with van der Waals surface area (Å²) in [5, 5.41) is 17.1. The van der Waals surface area contributed by atoms with Gasteiger partial charge in [0.2, 0.25) is 17.7 Å². The van der Waals surface area contributed by atoms with Crippen LogP contribution in [-0.4, -0.2) is 74.9 Å². The molecule has 4 unspecified atom stereocenters. The van der Waals surface area contributed by atoms with Gasteiger partial charge in [0.1, 0.15) is 18.1 Å². The summed E-state index contributed by atoms with van der Waals surface area (Å²) in [4.78, 5) is 56.4. The molecule has 190 valence electrons. The van der Waals surface area contributed by atoms with Crippen LogP contribution >= 0.6 is 11.8 Å². The first-order chi connectivity index (χ1) is 16.7. The predicted octanol–water partition coefficient (Wildman–Crippen LogP) is -0.166. The number of aliphatic carboxylic acids is 1. The van der Waals surface area contributed by atoms with Crippen LogP contribution in [0, 0.1) is 0 Å². The number of nitrogens with one attached hydrogen (secondary N) is 4. The van der Waals surface area contributed by atoms with Crippen molar-refractivity contribution in [3.8, 4) is 0 Å². The number of hydrogen-bond acceptors (Lipinski definition) is 7. The molecule has 4 atom stereocenters. The van der Waals surface area contributed by atoms with Crippen LogP contribution in [0.4, 0.5) is 0 Å². The lowest BCUT2D eigenvalue weighted by molar-refractivity contribution is -0.142. The maximum Gasteiger partial charge on any atom is 0.326 e. The summed E-state index contributed by atoms with van der Waals surface area (Å²) in [6, 6.07) is 5.11. The molecular formula is C23H32N6O5S. The summed E-state index contributed by atoms with van der Waals surface area (Å²) in [5.41, 5.74) is 7.30. The molecule has 11 nitrogen and oxygen atoms in total. The molecule has 0 spiro atoms. The SMILES string of the molecule is CSCCC(N)C(=O)NC(Cc1ccccc1)C(=O)NC(C)C(=O)NC(Cc1cnc[nH]1)C(=O)O. The number of nitrogens with two attached hydrogens (primary N) is 1. The molecule has 35 heavy (non-hydrogen) atoms. The number of aromatic nitrogens is 2. The Morgan fingerprint density at radius 3 is 2.31 bits per heavy atom. The number of carbonyl (C=O) groups excluding carboxylic acids is 3. The third kappa shape index (κ3) is 9.41. The van der Waals surface area contributed by atoms with E-state index >= 15 is 0 Å². The Kier molecular flexibility index (Phi) is 11.2. The summed E-state index contributed by atoms with van der Waals surface area (Å²) in [5.74, 6) is -2.24. The molecule has 0 bridgehead atoms. The molecule has 1 aromatic heterocycles. The second-order valence-electron chi connectivity index (χ2n) is 8.05. The van der Waals surface area contributed by atoms with Crippen molar-refractivity contribution in [1.82, 2.24) is 25.9 Å². The minimum atomic E-state index is -1.22. The van der Waals surface area contributed by atoms with Crippen LogP contribution in [0.2, 0.25) is 0 Å². The monoisotopic (exact) mass is 504 g/mol. The Morgan fingerprint density at radius 1 is 1.03 bits per heavy atom. The van der Waals surface area contributed by atoms with Gasteiger partial charge in [0.25, 0.3) is 0 Å². The number of benzene rings is 1. The Hall–Kier alpha value is -3.38. The number of amides is 3. The number of carboxylic acid groups (broad SMARTS) is 1. The van der Waals surface area contributed by atoms with Gasteiger partial charge in [0.05, 0.1) is 12.4 Å². The second kappa shape index (κ2) is 14.1. The van der Waals surface area contributed by atoms with Gasteiger partial charge in [-0.1, -0.05) is 30.3 Å². The maximum absolute atomic E-state index is 13.0. The van der Waals surface area contributed by atoms with E-state index in [0.29, 0.717) is 17.9 Å². The van der Waals surface area contributed by atoms with E-state index in [4.69, 9.17) is 5.73 Å². The zero-order chi connectivity index (χ0) is 25.8. The summed E-state index contributed by atoms with van der Waals surface area (Å²) in [6.07, 6.45) is 5.44. The number of aromatic amines is 1. The van der Waals surface area contributed by atoms with Crippen LogP contribution in [0.25, 0.3) is 0 Å². The highest BCUT2D eigenvalue weighted by atomic mass is 32.2. The van der Waals surface area contributed by atoms with Gasteiger partial charge in [0.15, 0.2) is 0 Å². The van der Waals surface area contributed by atoms with E-state index in [1.165, 1.54) is 19.4 Å². The van der Waals surface area contributed by atoms with Gasteiger partial charge in [-0.05, 0) is 30.9 Å². The van der Waals surface area contributed by atoms with E-state index < -0.39 is 47.9 Å². The highest BCUT2D eigenvalue weighted by Crippen LogP contribution is 2.06. The maximum atomic E-state index is 13.0. The fourth-order valence-electron chi connectivity index (χ4n) is 3.21. The molecule has 3 amide bonds. The summed E-state index contributed by atoms with van der Waals surface area (Å²) in [6.45, 7) is 1.44. The highest BCUT2D eigenvalue weighted by Gasteiger charge is 2.28. The molecule has 0 aliphatic carbocycles. The fourth-order valence-corrected chi connectivity index (χ4v) is 3.70. The van der Waals surface area contributed by atoms with Crippen molar-refractivity contribution in [3.63, 3.8) is 0 Å². The molecule has 0 saturated heterocycles. The van der Waals surface area contributed by atoms with Crippen molar-refractivity contribution in [1.29, 1.82) is 0 Å². The third-order valence-electron chi connectivity index (χ3n) is 5.23. The average Bonchev–Trinajstić information content (AvgIpc) is 3.35. The molecule has 1 heterocycles. The van der Waals surface area contributed by atoms with E-state index in [-0.39, 0.29) is 12.8 Å². The first-order valence-electron chi connectivity index (χ1n) is 11.1. The summed E-state index contributed by atoms with van der Waals surface area (Å²) >= 11 is 1.56. The van der Waals surface area contributed by atoms with Crippen molar-refractivity contribution in [2.24, 2.45) is 5.73 Å². The highest BCUT2D eigenvalue weighted by molar-refractivity contribution is 7.98. The van der Waals surface area contributed by atoms with Crippen molar-refractivity contribution in [2.45, 2.75) is 50.4 Å². The normalized spacial score (nSPS) is 14.3. The molecule has 7 N–H and O–H groups in total. The Labute approximate surface area is 208 Å². The molecule has 1 aromatic carbocycles. The van der Waals surface area contributed by atoms with Gasteiger partial charge in [-0.25, -0.2) is 9.78 Å². The number of rotatable bonds is 14. The van der Waals surface area contributed by atoms with Crippen LogP contribution in [0.1, 0.15) is 24.6 Å². The summed E-state index contributed by atoms with van der Waals surface area (Å²) < 4.78 is 0. The number of hydrogen-bond donors (Lipinski definition) is 6. The number of imidazole rings is 1. The Balaban J connectivity index is 2.04. The average molecular weight is 505 g/mol. The number of carboxylic acids is 1. The van der Waals surface area contributed by atoms with Crippen LogP contribution in [0.15, 0.2) is 42.9 Å². The molecule has 2 aromatic rings. The van der Waals surface area contributed by atoms with E-state index in [1.54, 1.807) is 11.8 Å². The van der Waals surface area contributed by atoms with Crippen molar-refractivity contribution in [3.05, 3.63) is 54.1 Å². The van der Waals surface area contributed by atoms with E-state index in [0.717, 1.165) is 5.56 Å². The summed E-state index contributed by atoms with van der Waals surface area (Å²) in [7, 11) is 0. The van der Waals surface area contributed by atoms with Crippen molar-refractivity contribution >= 4 is 35.5 Å². The Morgan fingerprint density at radius 2 is 1.71 bits per heavy atom. The van der Waals surface area contributed by atoms with Gasteiger partial charge >= 0.3 is 5.97 Å². The molecular weight excluding hydrogens is 472 g/mol. The zero-order valence-corrected chi connectivity index (χ0v) is 20.5. The quantitative estimate of drug-likeness (QED) is 0.205. The standard InChI is InChI=1S/C23H32N6O5S/c1-14(20(30)29-19(23(33)34)11-16-12-25-13-26-16)27-22(32)18(10-15-6-4-3-5-7-15)28-21(31)17(24)8-9-35-2/h3-7,12-14,17-19H,8-11,24H2,1-2H3,(H,25,26)(H,27,32)(H,28,31)(H,29,30)(H,33,34). The predicted molar refractivity (Wildman–Crippen MR) is 133 cm³/mol. The number of thioether (sulfide) groups is 1. The number of nitrogens with zero attached hydrogens (tertiary/aromatic N) is 1. The zero-order valence-electron chi connectivity index (χ0n) is 19.7. The number of H-pyrrole nitrogens is 1. The molecule has 0 aliphatic rings. The molecule has 0 saturated carbocycles. The van der Waals surface area contributed by atoms with E-state index in [1.807, 2.05) is 36.6 Å². The minimum Gasteiger partial charge on any atom is -0.480 e. The number of carbonyl (C=O) groups is 4.